The lowest BCUT2D eigenvalue weighted by Gasteiger charge is -2.28. The van der Waals surface area contributed by atoms with Crippen LogP contribution in [0.2, 0.25) is 0 Å². The predicted octanol–water partition coefficient (Wildman–Crippen LogP) is 1.16. The molecule has 1 fully saturated rings. The second-order valence-electron chi connectivity index (χ2n) is 4.32. The average molecular weight is 287 g/mol. The third-order valence-corrected chi connectivity index (χ3v) is 4.97. The molecule has 0 saturated carbocycles. The lowest BCUT2D eigenvalue weighted by atomic mass is 10.1. The van der Waals surface area contributed by atoms with Gasteiger partial charge in [-0.25, -0.2) is 4.79 Å². The van der Waals surface area contributed by atoms with Crippen LogP contribution in [0.4, 0.5) is 0 Å². The highest BCUT2D eigenvalue weighted by Crippen LogP contribution is 2.35. The monoisotopic (exact) mass is 287 g/mol. The molecule has 2 rings (SSSR count). The first-order valence-electron chi connectivity index (χ1n) is 5.46. The molecular weight excluding hydrogens is 274 g/mol. The summed E-state index contributed by atoms with van der Waals surface area (Å²) < 4.78 is 3.64. The normalized spacial score (nSPS) is 23.6. The van der Waals surface area contributed by atoms with Crippen molar-refractivity contribution in [3.05, 3.63) is 11.1 Å². The molecule has 2 unspecified atom stereocenters. The second-order valence-corrected chi connectivity index (χ2v) is 6.25. The van der Waals surface area contributed by atoms with Crippen LogP contribution in [0.15, 0.2) is 6.20 Å². The molecule has 1 aromatic rings. The summed E-state index contributed by atoms with van der Waals surface area (Å²) in [6, 6.07) is -0.767. The topological polar surface area (TPSA) is 83.4 Å². The van der Waals surface area contributed by atoms with E-state index in [9.17, 15) is 14.7 Å². The van der Waals surface area contributed by atoms with Crippen molar-refractivity contribution in [1.82, 2.24) is 14.5 Å². The summed E-state index contributed by atoms with van der Waals surface area (Å²) in [7, 11) is 0. The van der Waals surface area contributed by atoms with E-state index in [0.29, 0.717) is 10.6 Å². The van der Waals surface area contributed by atoms with E-state index in [1.807, 2.05) is 13.8 Å². The summed E-state index contributed by atoms with van der Waals surface area (Å²) in [6.07, 6.45) is 1.38. The van der Waals surface area contributed by atoms with Gasteiger partial charge in [0, 0.05) is 5.75 Å². The van der Waals surface area contributed by atoms with Crippen molar-refractivity contribution in [1.29, 1.82) is 0 Å². The van der Waals surface area contributed by atoms with Crippen molar-refractivity contribution < 1.29 is 14.7 Å². The highest BCUT2D eigenvalue weighted by Gasteiger charge is 2.43. The van der Waals surface area contributed by atoms with Crippen LogP contribution in [0, 0.1) is 5.92 Å². The lowest BCUT2D eigenvalue weighted by molar-refractivity contribution is -0.141. The summed E-state index contributed by atoms with van der Waals surface area (Å²) in [6.45, 7) is 3.96. The highest BCUT2D eigenvalue weighted by atomic mass is 32.2. The van der Waals surface area contributed by atoms with E-state index in [1.54, 1.807) is 0 Å². The van der Waals surface area contributed by atoms with Gasteiger partial charge in [0.1, 0.15) is 10.9 Å². The van der Waals surface area contributed by atoms with Gasteiger partial charge in [0.05, 0.1) is 11.6 Å². The minimum Gasteiger partial charge on any atom is -0.480 e. The summed E-state index contributed by atoms with van der Waals surface area (Å²) in [5.74, 6) is -0.627. The first-order valence-corrected chi connectivity index (χ1v) is 7.29. The molecule has 0 aromatic carbocycles. The molecule has 1 N–H and O–H groups in total. The number of aliphatic carboxylic acids is 1. The van der Waals surface area contributed by atoms with Crippen molar-refractivity contribution in [2.75, 3.05) is 5.75 Å². The number of carboxylic acids is 1. The van der Waals surface area contributed by atoms with E-state index in [-0.39, 0.29) is 17.2 Å². The molecule has 6 nitrogen and oxygen atoms in total. The summed E-state index contributed by atoms with van der Waals surface area (Å²) in [5, 5.41) is 12.7. The van der Waals surface area contributed by atoms with Crippen LogP contribution in [0.25, 0.3) is 0 Å². The predicted molar refractivity (Wildman–Crippen MR) is 68.6 cm³/mol. The number of nitrogens with zero attached hydrogens (tertiary/aromatic N) is 3. The van der Waals surface area contributed by atoms with Gasteiger partial charge >= 0.3 is 5.97 Å². The Kier molecular flexibility index (Phi) is 3.86. The summed E-state index contributed by atoms with van der Waals surface area (Å²) >= 11 is 2.50. The van der Waals surface area contributed by atoms with Gasteiger partial charge in [-0.3, -0.25) is 4.79 Å². The number of carbonyl (C=O) groups excluding carboxylic acids is 1. The number of hydrogen-bond donors (Lipinski definition) is 1. The molecular formula is C10H13N3O3S2. The second kappa shape index (κ2) is 5.23. The van der Waals surface area contributed by atoms with Crippen LogP contribution in [-0.4, -0.2) is 48.6 Å². The number of amides is 1. The van der Waals surface area contributed by atoms with Gasteiger partial charge in [-0.05, 0) is 17.5 Å². The van der Waals surface area contributed by atoms with E-state index in [2.05, 4.69) is 9.59 Å². The van der Waals surface area contributed by atoms with Crippen molar-refractivity contribution >= 4 is 35.2 Å². The van der Waals surface area contributed by atoms with E-state index < -0.39 is 12.0 Å². The maximum absolute atomic E-state index is 12.3. The van der Waals surface area contributed by atoms with Gasteiger partial charge in [-0.15, -0.1) is 16.9 Å². The van der Waals surface area contributed by atoms with Crippen LogP contribution in [0.3, 0.4) is 0 Å². The third-order valence-electron chi connectivity index (χ3n) is 2.70. The fraction of sp³-hybridized carbons (Fsp3) is 0.600. The van der Waals surface area contributed by atoms with Gasteiger partial charge in [0.25, 0.3) is 5.91 Å². The molecule has 0 spiro atoms. The highest BCUT2D eigenvalue weighted by molar-refractivity contribution is 8.00. The molecule has 8 heteroatoms. The molecule has 1 aliphatic rings. The molecule has 0 aliphatic carbocycles. The minimum atomic E-state index is -0.962. The largest absolute Gasteiger partial charge is 0.480 e. The van der Waals surface area contributed by atoms with E-state index in [1.165, 1.54) is 22.9 Å². The standard InChI is InChI=1S/C10H13N3O3S2/c1-5(2)9-13(6(4-17-9)10(15)16)8(14)7-3-11-12-18-7/h3,5-6,9H,4H2,1-2H3,(H,15,16). The molecule has 98 valence electrons. The molecule has 0 radical (unpaired) electrons. The fourth-order valence-corrected chi connectivity index (χ4v) is 3.81. The molecule has 0 bridgehead atoms. The van der Waals surface area contributed by atoms with Crippen molar-refractivity contribution in [2.24, 2.45) is 5.92 Å². The first kappa shape index (κ1) is 13.3. The Bertz CT molecular complexity index is 449. The zero-order valence-electron chi connectivity index (χ0n) is 9.94. The van der Waals surface area contributed by atoms with Gasteiger partial charge in [0.2, 0.25) is 0 Å². The lowest BCUT2D eigenvalue weighted by Crippen LogP contribution is -2.46. The van der Waals surface area contributed by atoms with Crippen molar-refractivity contribution in [3.63, 3.8) is 0 Å². The average Bonchev–Trinajstić information content (AvgIpc) is 2.97. The summed E-state index contributed by atoms with van der Waals surface area (Å²) in [4.78, 5) is 25.4. The Labute approximate surface area is 113 Å². The smallest absolute Gasteiger partial charge is 0.327 e. The van der Waals surface area contributed by atoms with E-state index >= 15 is 0 Å². The minimum absolute atomic E-state index is 0.110. The van der Waals surface area contributed by atoms with Gasteiger partial charge in [-0.1, -0.05) is 18.3 Å². The molecule has 1 aliphatic heterocycles. The van der Waals surface area contributed by atoms with Crippen LogP contribution < -0.4 is 0 Å². The Balaban J connectivity index is 2.29. The van der Waals surface area contributed by atoms with Gasteiger partial charge in [0.15, 0.2) is 0 Å². The number of carbonyl (C=O) groups is 2. The van der Waals surface area contributed by atoms with E-state index in [4.69, 9.17) is 0 Å². The number of aromatic nitrogens is 2. The zero-order chi connectivity index (χ0) is 13.3. The number of carboxylic acid groups (broad SMARTS) is 1. The third kappa shape index (κ3) is 2.35. The number of thioether (sulfide) groups is 1. The van der Waals surface area contributed by atoms with Crippen LogP contribution in [-0.2, 0) is 4.79 Å². The van der Waals surface area contributed by atoms with Crippen LogP contribution in [0.1, 0.15) is 23.5 Å². The first-order chi connectivity index (χ1) is 8.52. The quantitative estimate of drug-likeness (QED) is 0.898. The maximum Gasteiger partial charge on any atom is 0.327 e. The van der Waals surface area contributed by atoms with Gasteiger partial charge < -0.3 is 10.0 Å². The molecule has 2 atom stereocenters. The molecule has 1 aromatic heterocycles. The van der Waals surface area contributed by atoms with Crippen LogP contribution >= 0.6 is 23.3 Å². The van der Waals surface area contributed by atoms with Crippen molar-refractivity contribution in [3.8, 4) is 0 Å². The zero-order valence-corrected chi connectivity index (χ0v) is 11.6. The number of rotatable bonds is 3. The number of hydrogen-bond acceptors (Lipinski definition) is 6. The Morgan fingerprint density at radius 3 is 2.78 bits per heavy atom. The molecule has 1 amide bonds. The Morgan fingerprint density at radius 1 is 1.56 bits per heavy atom. The van der Waals surface area contributed by atoms with Gasteiger partial charge in [-0.2, -0.15) is 0 Å². The fourth-order valence-electron chi connectivity index (χ4n) is 1.88. The molecule has 1 saturated heterocycles. The molecule has 2 heterocycles. The summed E-state index contributed by atoms with van der Waals surface area (Å²) in [5.41, 5.74) is 0. The Morgan fingerprint density at radius 2 is 2.28 bits per heavy atom. The SMILES string of the molecule is CC(C)C1SCC(C(=O)O)N1C(=O)c1cnns1. The van der Waals surface area contributed by atoms with Crippen LogP contribution in [0.5, 0.6) is 0 Å². The van der Waals surface area contributed by atoms with Crippen molar-refractivity contribution in [2.45, 2.75) is 25.3 Å². The molecule has 18 heavy (non-hydrogen) atoms. The Hall–Kier alpha value is -1.15. The van der Waals surface area contributed by atoms with E-state index in [0.717, 1.165) is 11.5 Å². The maximum atomic E-state index is 12.3.